The van der Waals surface area contributed by atoms with Crippen LogP contribution in [0, 0.1) is 6.92 Å². The monoisotopic (exact) mass is 204 g/mol. The van der Waals surface area contributed by atoms with Gasteiger partial charge >= 0.3 is 5.63 Å². The third kappa shape index (κ3) is 1.92. The molecule has 0 radical (unpaired) electrons. The zero-order chi connectivity index (χ0) is 11.1. The van der Waals surface area contributed by atoms with E-state index in [0.29, 0.717) is 11.3 Å². The van der Waals surface area contributed by atoms with Crippen molar-refractivity contribution in [1.29, 1.82) is 0 Å². The van der Waals surface area contributed by atoms with Gasteiger partial charge in [-0.25, -0.2) is 4.79 Å². The van der Waals surface area contributed by atoms with Crippen LogP contribution in [-0.2, 0) is 0 Å². The Hall–Kier alpha value is -1.61. The molecule has 78 valence electrons. The molecule has 1 N–H and O–H groups in total. The van der Waals surface area contributed by atoms with E-state index in [4.69, 9.17) is 4.42 Å². The number of rotatable bonds is 0. The Morgan fingerprint density at radius 3 is 2.73 bits per heavy atom. The topological polar surface area (TPSA) is 50.4 Å². The lowest BCUT2D eigenvalue weighted by Gasteiger charge is -2.10. The zero-order valence-electron chi connectivity index (χ0n) is 8.65. The van der Waals surface area contributed by atoms with Gasteiger partial charge in [0.15, 0.2) is 0 Å². The molecule has 2 rings (SSSR count). The van der Waals surface area contributed by atoms with Crippen molar-refractivity contribution in [1.82, 2.24) is 0 Å². The molecule has 1 aromatic heterocycles. The van der Waals surface area contributed by atoms with E-state index in [-0.39, 0.29) is 5.63 Å². The second-order valence-electron chi connectivity index (χ2n) is 3.93. The van der Waals surface area contributed by atoms with Crippen LogP contribution in [0.4, 0.5) is 0 Å². The van der Waals surface area contributed by atoms with Gasteiger partial charge in [-0.2, -0.15) is 0 Å². The molecule has 1 aliphatic carbocycles. The molecule has 0 aliphatic heterocycles. The first-order valence-electron chi connectivity index (χ1n) is 4.73. The lowest BCUT2D eigenvalue weighted by Crippen LogP contribution is -2.15. The van der Waals surface area contributed by atoms with E-state index in [1.54, 1.807) is 44.2 Å². The summed E-state index contributed by atoms with van der Waals surface area (Å²) < 4.78 is 5.10. The van der Waals surface area contributed by atoms with Gasteiger partial charge in [0, 0.05) is 11.1 Å². The molecule has 1 aliphatic rings. The summed E-state index contributed by atoms with van der Waals surface area (Å²) in [4.78, 5) is 11.3. The molecule has 1 heterocycles. The second-order valence-corrected chi connectivity index (χ2v) is 3.93. The van der Waals surface area contributed by atoms with Crippen LogP contribution >= 0.6 is 0 Å². The van der Waals surface area contributed by atoms with E-state index in [1.807, 2.05) is 0 Å². The predicted molar refractivity (Wildman–Crippen MR) is 58.4 cm³/mol. The van der Waals surface area contributed by atoms with Gasteiger partial charge in [-0.15, -0.1) is 0 Å². The Bertz CT molecular complexity index is 504. The SMILES string of the molecule is Cc1cc2c(oc1=O)C=CC(C)(O)C=C2. The third-order valence-electron chi connectivity index (χ3n) is 2.35. The van der Waals surface area contributed by atoms with Gasteiger partial charge in [-0.05, 0) is 38.1 Å². The number of aliphatic hydroxyl groups is 1. The van der Waals surface area contributed by atoms with E-state index in [1.165, 1.54) is 0 Å². The fourth-order valence-corrected chi connectivity index (χ4v) is 1.42. The maximum Gasteiger partial charge on any atom is 0.339 e. The maximum atomic E-state index is 11.3. The number of hydrogen-bond donors (Lipinski definition) is 1. The van der Waals surface area contributed by atoms with E-state index in [0.717, 1.165) is 5.56 Å². The zero-order valence-corrected chi connectivity index (χ0v) is 8.65. The molecule has 1 atom stereocenters. The second kappa shape index (κ2) is 3.21. The van der Waals surface area contributed by atoms with Crippen molar-refractivity contribution >= 4 is 12.2 Å². The quantitative estimate of drug-likeness (QED) is 0.700. The molecule has 15 heavy (non-hydrogen) atoms. The molecule has 1 unspecified atom stereocenters. The summed E-state index contributed by atoms with van der Waals surface area (Å²) >= 11 is 0. The highest BCUT2D eigenvalue weighted by atomic mass is 16.4. The van der Waals surface area contributed by atoms with Crippen molar-refractivity contribution in [2.45, 2.75) is 19.4 Å². The number of aryl methyl sites for hydroxylation is 1. The summed E-state index contributed by atoms with van der Waals surface area (Å²) in [5.41, 5.74) is 0.0358. The van der Waals surface area contributed by atoms with Crippen LogP contribution in [0.5, 0.6) is 0 Å². The van der Waals surface area contributed by atoms with Gasteiger partial charge in [0.1, 0.15) is 5.76 Å². The summed E-state index contributed by atoms with van der Waals surface area (Å²) in [7, 11) is 0. The molecule has 0 bridgehead atoms. The van der Waals surface area contributed by atoms with Crippen molar-refractivity contribution < 1.29 is 9.52 Å². The van der Waals surface area contributed by atoms with Crippen LogP contribution in [0.15, 0.2) is 27.4 Å². The number of fused-ring (bicyclic) bond motifs is 1. The minimum absolute atomic E-state index is 0.339. The first kappa shape index (κ1) is 9.93. The molecule has 0 saturated heterocycles. The Labute approximate surface area is 87.4 Å². The summed E-state index contributed by atoms with van der Waals surface area (Å²) in [6.45, 7) is 3.36. The molecule has 0 fully saturated rings. The van der Waals surface area contributed by atoms with Crippen LogP contribution in [-0.4, -0.2) is 10.7 Å². The van der Waals surface area contributed by atoms with E-state index in [2.05, 4.69) is 0 Å². The predicted octanol–water partition coefficient (Wildman–Crippen LogP) is 1.74. The molecule has 1 aromatic rings. The average Bonchev–Trinajstić information content (AvgIpc) is 2.29. The largest absolute Gasteiger partial charge is 0.423 e. The molecular weight excluding hydrogens is 192 g/mol. The summed E-state index contributed by atoms with van der Waals surface area (Å²) in [6, 6.07) is 1.75. The lowest BCUT2D eigenvalue weighted by atomic mass is 10.1. The third-order valence-corrected chi connectivity index (χ3v) is 2.35. The first-order valence-corrected chi connectivity index (χ1v) is 4.73. The molecule has 0 aromatic carbocycles. The molecular formula is C12H12O3. The minimum Gasteiger partial charge on any atom is -0.423 e. The smallest absolute Gasteiger partial charge is 0.339 e. The standard InChI is InChI=1S/C12H12O3/c1-8-7-9-3-5-12(2,14)6-4-10(9)15-11(8)13/h3-7,14H,1-2H3. The van der Waals surface area contributed by atoms with Gasteiger partial charge in [-0.3, -0.25) is 0 Å². The normalized spacial score (nSPS) is 23.7. The van der Waals surface area contributed by atoms with Crippen LogP contribution in [0.3, 0.4) is 0 Å². The summed E-state index contributed by atoms with van der Waals surface area (Å²) in [5, 5.41) is 9.77. The lowest BCUT2D eigenvalue weighted by molar-refractivity contribution is 0.166. The minimum atomic E-state index is -0.995. The van der Waals surface area contributed by atoms with Gasteiger partial charge in [-0.1, -0.05) is 6.08 Å². The highest BCUT2D eigenvalue weighted by Gasteiger charge is 2.16. The molecule has 0 saturated carbocycles. The average molecular weight is 204 g/mol. The highest BCUT2D eigenvalue weighted by Crippen LogP contribution is 2.21. The van der Waals surface area contributed by atoms with Crippen molar-refractivity contribution in [3.8, 4) is 0 Å². The van der Waals surface area contributed by atoms with Crippen LogP contribution in [0.2, 0.25) is 0 Å². The van der Waals surface area contributed by atoms with Gasteiger partial charge < -0.3 is 9.52 Å². The fraction of sp³-hybridized carbons (Fsp3) is 0.250. The molecule has 3 heteroatoms. The first-order chi connectivity index (χ1) is 6.98. The van der Waals surface area contributed by atoms with E-state index < -0.39 is 5.60 Å². The maximum absolute atomic E-state index is 11.3. The van der Waals surface area contributed by atoms with Crippen molar-refractivity contribution in [3.05, 3.63) is 45.5 Å². The molecule has 3 nitrogen and oxygen atoms in total. The van der Waals surface area contributed by atoms with E-state index in [9.17, 15) is 9.90 Å². The van der Waals surface area contributed by atoms with Crippen molar-refractivity contribution in [2.75, 3.05) is 0 Å². The Kier molecular flexibility index (Phi) is 2.12. The Morgan fingerprint density at radius 2 is 2.00 bits per heavy atom. The van der Waals surface area contributed by atoms with Gasteiger partial charge in [0.25, 0.3) is 0 Å². The Balaban J connectivity index is 2.63. The fourth-order valence-electron chi connectivity index (χ4n) is 1.42. The van der Waals surface area contributed by atoms with Crippen LogP contribution in [0.25, 0.3) is 12.2 Å². The Morgan fingerprint density at radius 1 is 1.33 bits per heavy atom. The highest BCUT2D eigenvalue weighted by molar-refractivity contribution is 5.65. The van der Waals surface area contributed by atoms with Crippen LogP contribution in [0.1, 0.15) is 23.8 Å². The van der Waals surface area contributed by atoms with Gasteiger partial charge in [0.2, 0.25) is 0 Å². The summed E-state index contributed by atoms with van der Waals surface area (Å²) in [6.07, 6.45) is 6.63. The molecule has 0 amide bonds. The number of hydrogen-bond acceptors (Lipinski definition) is 3. The van der Waals surface area contributed by atoms with Crippen molar-refractivity contribution in [2.24, 2.45) is 0 Å². The van der Waals surface area contributed by atoms with Crippen LogP contribution < -0.4 is 5.63 Å². The van der Waals surface area contributed by atoms with Gasteiger partial charge in [0.05, 0.1) is 5.60 Å². The van der Waals surface area contributed by atoms with E-state index >= 15 is 0 Å². The molecule has 0 spiro atoms. The summed E-state index contributed by atoms with van der Waals surface area (Å²) in [5.74, 6) is 0.486. The van der Waals surface area contributed by atoms with Crippen molar-refractivity contribution in [3.63, 3.8) is 0 Å².